The van der Waals surface area contributed by atoms with Crippen molar-refractivity contribution in [2.24, 2.45) is 0 Å². The monoisotopic (exact) mass is 259 g/mol. The minimum Gasteiger partial charge on any atom is -0.419 e. The molecular formula is C15H21N3O. The van der Waals surface area contributed by atoms with E-state index in [-0.39, 0.29) is 5.54 Å². The van der Waals surface area contributed by atoms with Crippen LogP contribution in [0.4, 0.5) is 0 Å². The maximum Gasteiger partial charge on any atom is 0.248 e. The van der Waals surface area contributed by atoms with Crippen LogP contribution < -0.4 is 5.32 Å². The molecule has 4 nitrogen and oxygen atoms in total. The summed E-state index contributed by atoms with van der Waals surface area (Å²) in [6.07, 6.45) is 0.953. The molecule has 0 unspecified atom stereocenters. The molecule has 1 aromatic carbocycles. The molecule has 4 heteroatoms. The largest absolute Gasteiger partial charge is 0.419 e. The van der Waals surface area contributed by atoms with E-state index in [1.54, 1.807) is 0 Å². The van der Waals surface area contributed by atoms with Crippen LogP contribution in [0.15, 0.2) is 28.7 Å². The second-order valence-corrected chi connectivity index (χ2v) is 5.62. The van der Waals surface area contributed by atoms with Crippen molar-refractivity contribution in [3.8, 4) is 11.5 Å². The molecule has 1 N–H and O–H groups in total. The summed E-state index contributed by atoms with van der Waals surface area (Å²) >= 11 is 0. The van der Waals surface area contributed by atoms with Gasteiger partial charge in [-0.1, -0.05) is 25.1 Å². The highest BCUT2D eigenvalue weighted by Gasteiger charge is 2.14. The van der Waals surface area contributed by atoms with Gasteiger partial charge in [-0.25, -0.2) is 0 Å². The number of hydrogen-bond acceptors (Lipinski definition) is 4. The number of nitrogens with zero attached hydrogens (tertiary/aromatic N) is 2. The van der Waals surface area contributed by atoms with Crippen molar-refractivity contribution >= 4 is 0 Å². The molecular weight excluding hydrogens is 238 g/mol. The number of hydrogen-bond donors (Lipinski definition) is 1. The summed E-state index contributed by atoms with van der Waals surface area (Å²) in [5, 5.41) is 11.6. The van der Waals surface area contributed by atoms with E-state index >= 15 is 0 Å². The third kappa shape index (κ3) is 3.64. The van der Waals surface area contributed by atoms with Crippen molar-refractivity contribution in [2.75, 3.05) is 0 Å². The van der Waals surface area contributed by atoms with E-state index in [1.165, 1.54) is 5.56 Å². The van der Waals surface area contributed by atoms with Crippen LogP contribution in [0, 0.1) is 0 Å². The summed E-state index contributed by atoms with van der Waals surface area (Å²) in [6.45, 7) is 9.03. The van der Waals surface area contributed by atoms with Crippen molar-refractivity contribution in [2.45, 2.75) is 46.2 Å². The Bertz CT molecular complexity index is 540. The van der Waals surface area contributed by atoms with Crippen LogP contribution in [0.2, 0.25) is 0 Å². The fourth-order valence-corrected chi connectivity index (χ4v) is 1.81. The van der Waals surface area contributed by atoms with E-state index in [0.717, 1.165) is 12.0 Å². The number of aromatic nitrogens is 2. The van der Waals surface area contributed by atoms with Gasteiger partial charge in [0.15, 0.2) is 0 Å². The van der Waals surface area contributed by atoms with Crippen LogP contribution in [0.1, 0.15) is 39.1 Å². The van der Waals surface area contributed by atoms with Crippen LogP contribution in [0.3, 0.4) is 0 Å². The van der Waals surface area contributed by atoms with Gasteiger partial charge in [0.25, 0.3) is 0 Å². The maximum atomic E-state index is 5.72. The first-order valence-corrected chi connectivity index (χ1v) is 6.65. The highest BCUT2D eigenvalue weighted by molar-refractivity contribution is 5.58. The van der Waals surface area contributed by atoms with Gasteiger partial charge in [0.2, 0.25) is 11.8 Å². The van der Waals surface area contributed by atoms with E-state index in [2.05, 4.69) is 49.3 Å². The number of benzene rings is 1. The lowest BCUT2D eigenvalue weighted by molar-refractivity contribution is 0.383. The summed E-state index contributed by atoms with van der Waals surface area (Å²) < 4.78 is 5.72. The molecule has 2 rings (SSSR count). The molecule has 1 aromatic heterocycles. The van der Waals surface area contributed by atoms with Gasteiger partial charge in [0.05, 0.1) is 6.54 Å². The fourth-order valence-electron chi connectivity index (χ4n) is 1.81. The molecule has 0 aliphatic carbocycles. The standard InChI is InChI=1S/C15H21N3O/c1-5-11-8-6-7-9-12(11)14-18-17-13(19-14)10-16-15(2,3)4/h6-9,16H,5,10H2,1-4H3. The first-order chi connectivity index (χ1) is 8.99. The smallest absolute Gasteiger partial charge is 0.248 e. The molecule has 1 heterocycles. The van der Waals surface area contributed by atoms with Gasteiger partial charge >= 0.3 is 0 Å². The Balaban J connectivity index is 2.17. The van der Waals surface area contributed by atoms with Crippen molar-refractivity contribution in [1.29, 1.82) is 0 Å². The molecule has 0 saturated heterocycles. The van der Waals surface area contributed by atoms with Gasteiger partial charge in [-0.3, -0.25) is 0 Å². The van der Waals surface area contributed by atoms with Crippen LogP contribution in [-0.2, 0) is 13.0 Å². The normalized spacial score (nSPS) is 11.8. The number of rotatable bonds is 4. The van der Waals surface area contributed by atoms with Crippen molar-refractivity contribution in [3.63, 3.8) is 0 Å². The van der Waals surface area contributed by atoms with Crippen LogP contribution in [0.25, 0.3) is 11.5 Å². The fraction of sp³-hybridized carbons (Fsp3) is 0.467. The Morgan fingerprint density at radius 2 is 1.89 bits per heavy atom. The van der Waals surface area contributed by atoms with Gasteiger partial charge in [0, 0.05) is 11.1 Å². The van der Waals surface area contributed by atoms with Crippen molar-refractivity contribution in [3.05, 3.63) is 35.7 Å². The minimum atomic E-state index is 0.0377. The first-order valence-electron chi connectivity index (χ1n) is 6.65. The Morgan fingerprint density at radius 3 is 2.58 bits per heavy atom. The summed E-state index contributed by atoms with van der Waals surface area (Å²) in [6, 6.07) is 8.13. The Hall–Kier alpha value is -1.68. The zero-order valence-electron chi connectivity index (χ0n) is 12.0. The average Bonchev–Trinajstić information content (AvgIpc) is 2.84. The predicted octanol–water partition coefficient (Wildman–Crippen LogP) is 3.19. The van der Waals surface area contributed by atoms with E-state index in [9.17, 15) is 0 Å². The maximum absolute atomic E-state index is 5.72. The third-order valence-corrected chi connectivity index (χ3v) is 2.87. The lowest BCUT2D eigenvalue weighted by Gasteiger charge is -2.18. The number of aryl methyl sites for hydroxylation is 1. The van der Waals surface area contributed by atoms with Gasteiger partial charge in [-0.2, -0.15) is 0 Å². The van der Waals surface area contributed by atoms with Crippen molar-refractivity contribution < 1.29 is 4.42 Å². The molecule has 0 saturated carbocycles. The zero-order valence-corrected chi connectivity index (χ0v) is 12.0. The lowest BCUT2D eigenvalue weighted by Crippen LogP contribution is -2.35. The zero-order chi connectivity index (χ0) is 13.9. The summed E-state index contributed by atoms with van der Waals surface area (Å²) in [7, 11) is 0. The molecule has 0 atom stereocenters. The summed E-state index contributed by atoms with van der Waals surface area (Å²) in [5.41, 5.74) is 2.29. The molecule has 0 bridgehead atoms. The van der Waals surface area contributed by atoms with Crippen molar-refractivity contribution in [1.82, 2.24) is 15.5 Å². The van der Waals surface area contributed by atoms with Gasteiger partial charge in [-0.05, 0) is 38.8 Å². The first kappa shape index (κ1) is 13.7. The Morgan fingerprint density at radius 1 is 1.16 bits per heavy atom. The lowest BCUT2D eigenvalue weighted by atomic mass is 10.1. The van der Waals surface area contributed by atoms with Gasteiger partial charge in [-0.15, -0.1) is 10.2 Å². The highest BCUT2D eigenvalue weighted by Crippen LogP contribution is 2.22. The van der Waals surface area contributed by atoms with Crippen LogP contribution in [-0.4, -0.2) is 15.7 Å². The predicted molar refractivity (Wildman–Crippen MR) is 75.7 cm³/mol. The molecule has 0 radical (unpaired) electrons. The Labute approximate surface area is 114 Å². The molecule has 0 amide bonds. The van der Waals surface area contributed by atoms with E-state index in [0.29, 0.717) is 18.3 Å². The topological polar surface area (TPSA) is 51.0 Å². The van der Waals surface area contributed by atoms with Crippen LogP contribution in [0.5, 0.6) is 0 Å². The molecule has 2 aromatic rings. The summed E-state index contributed by atoms with van der Waals surface area (Å²) in [5.74, 6) is 1.22. The second-order valence-electron chi connectivity index (χ2n) is 5.62. The number of nitrogens with one attached hydrogen (secondary N) is 1. The molecule has 0 aliphatic heterocycles. The van der Waals surface area contributed by atoms with E-state index in [4.69, 9.17) is 4.42 Å². The molecule has 0 fully saturated rings. The Kier molecular flexibility index (Phi) is 4.00. The SMILES string of the molecule is CCc1ccccc1-c1nnc(CNC(C)(C)C)o1. The van der Waals surface area contributed by atoms with Gasteiger partial charge < -0.3 is 9.73 Å². The minimum absolute atomic E-state index is 0.0377. The average molecular weight is 259 g/mol. The molecule has 19 heavy (non-hydrogen) atoms. The third-order valence-electron chi connectivity index (χ3n) is 2.87. The van der Waals surface area contributed by atoms with E-state index in [1.807, 2.05) is 18.2 Å². The quantitative estimate of drug-likeness (QED) is 0.916. The second kappa shape index (κ2) is 5.53. The molecule has 102 valence electrons. The van der Waals surface area contributed by atoms with Gasteiger partial charge in [0.1, 0.15) is 0 Å². The molecule has 0 aliphatic rings. The van der Waals surface area contributed by atoms with Crippen LogP contribution >= 0.6 is 0 Å². The molecule has 0 spiro atoms. The summed E-state index contributed by atoms with van der Waals surface area (Å²) in [4.78, 5) is 0. The highest BCUT2D eigenvalue weighted by atomic mass is 16.4. The van der Waals surface area contributed by atoms with E-state index < -0.39 is 0 Å².